The zero-order valence-corrected chi connectivity index (χ0v) is 18.5. The molecule has 1 aliphatic rings. The number of sulfonamides is 1. The van der Waals surface area contributed by atoms with Crippen molar-refractivity contribution in [2.24, 2.45) is 0 Å². The highest BCUT2D eigenvalue weighted by Crippen LogP contribution is 2.36. The van der Waals surface area contributed by atoms with Crippen LogP contribution in [0.2, 0.25) is 5.02 Å². The van der Waals surface area contributed by atoms with Crippen LogP contribution in [0.25, 0.3) is 0 Å². The fourth-order valence-electron chi connectivity index (χ4n) is 3.25. The van der Waals surface area contributed by atoms with Crippen LogP contribution in [0.4, 0.5) is 5.69 Å². The summed E-state index contributed by atoms with van der Waals surface area (Å²) >= 11 is 6.11. The molecule has 3 rings (SSSR count). The zero-order chi connectivity index (χ0) is 21.9. The zero-order valence-electron chi connectivity index (χ0n) is 16.9. The number of anilines is 1. The first kappa shape index (κ1) is 22.2. The maximum absolute atomic E-state index is 13.0. The highest BCUT2D eigenvalue weighted by Gasteiger charge is 2.29. The normalized spacial score (nSPS) is 14.4. The molecule has 1 amide bonds. The maximum atomic E-state index is 13.0. The van der Waals surface area contributed by atoms with Crippen molar-refractivity contribution in [3.8, 4) is 17.2 Å². The van der Waals surface area contributed by atoms with E-state index in [-0.39, 0.29) is 16.2 Å². The molecule has 0 unspecified atom stereocenters. The van der Waals surface area contributed by atoms with E-state index in [1.165, 1.54) is 56.0 Å². The second-order valence-electron chi connectivity index (χ2n) is 6.61. The Labute approximate surface area is 180 Å². The van der Waals surface area contributed by atoms with Crippen LogP contribution in [0.15, 0.2) is 35.2 Å². The van der Waals surface area contributed by atoms with E-state index in [1.807, 2.05) is 0 Å². The van der Waals surface area contributed by atoms with Gasteiger partial charge >= 0.3 is 0 Å². The molecular formula is C20H23ClN2O6S. The van der Waals surface area contributed by atoms with E-state index in [9.17, 15) is 13.2 Å². The first-order valence-corrected chi connectivity index (χ1v) is 11.0. The van der Waals surface area contributed by atoms with E-state index in [0.717, 1.165) is 12.8 Å². The molecule has 1 fully saturated rings. The fraction of sp³-hybridized carbons (Fsp3) is 0.350. The number of hydrogen-bond acceptors (Lipinski definition) is 6. The molecule has 162 valence electrons. The molecule has 30 heavy (non-hydrogen) atoms. The number of methoxy groups -OCH3 is 3. The predicted octanol–water partition coefficient (Wildman–Crippen LogP) is 3.40. The van der Waals surface area contributed by atoms with Gasteiger partial charge in [0.15, 0.2) is 0 Å². The lowest BCUT2D eigenvalue weighted by molar-refractivity contribution is 0.102. The van der Waals surface area contributed by atoms with E-state index >= 15 is 0 Å². The van der Waals surface area contributed by atoms with E-state index in [1.54, 1.807) is 0 Å². The van der Waals surface area contributed by atoms with Crippen LogP contribution >= 0.6 is 11.6 Å². The van der Waals surface area contributed by atoms with Gasteiger partial charge in [-0.2, -0.15) is 4.31 Å². The smallest absolute Gasteiger partial charge is 0.259 e. The number of carbonyl (C=O) groups is 1. The topological polar surface area (TPSA) is 94.2 Å². The Balaban J connectivity index is 1.98. The third-order valence-corrected chi connectivity index (χ3v) is 7.03. The summed E-state index contributed by atoms with van der Waals surface area (Å²) in [6.07, 6.45) is 1.64. The third kappa shape index (κ3) is 4.33. The van der Waals surface area contributed by atoms with Gasteiger partial charge in [-0.15, -0.1) is 0 Å². The Hall–Kier alpha value is -2.49. The standard InChI is InChI=1S/C20H23ClN2O6S/c1-27-17-7-6-13(30(25,26)23-8-4-5-9-23)10-14(17)20(24)22-16-12-18(28-2)15(21)11-19(16)29-3/h6-7,10-12H,4-5,8-9H2,1-3H3,(H,22,24). The SMILES string of the molecule is COc1cc(NC(=O)c2cc(S(=O)(=O)N3CCCC3)ccc2OC)c(OC)cc1Cl. The lowest BCUT2D eigenvalue weighted by Gasteiger charge is -2.18. The quantitative estimate of drug-likeness (QED) is 0.689. The van der Waals surface area contributed by atoms with Crippen LogP contribution in [0.3, 0.4) is 0 Å². The van der Waals surface area contributed by atoms with Gasteiger partial charge in [0.05, 0.1) is 42.5 Å². The molecular weight excluding hydrogens is 432 g/mol. The van der Waals surface area contributed by atoms with Crippen molar-refractivity contribution in [2.45, 2.75) is 17.7 Å². The molecule has 2 aromatic carbocycles. The fourth-order valence-corrected chi connectivity index (χ4v) is 5.02. The maximum Gasteiger partial charge on any atom is 0.259 e. The summed E-state index contributed by atoms with van der Waals surface area (Å²) in [5.41, 5.74) is 0.396. The van der Waals surface area contributed by atoms with Gasteiger partial charge in [-0.05, 0) is 31.0 Å². The molecule has 8 nitrogen and oxygen atoms in total. The summed E-state index contributed by atoms with van der Waals surface area (Å²) in [6.45, 7) is 0.940. The molecule has 1 saturated heterocycles. The average Bonchev–Trinajstić information content (AvgIpc) is 3.29. The Morgan fingerprint density at radius 3 is 2.20 bits per heavy atom. The molecule has 2 aromatic rings. The molecule has 1 heterocycles. The summed E-state index contributed by atoms with van der Waals surface area (Å²) in [6, 6.07) is 7.27. The van der Waals surface area contributed by atoms with Gasteiger partial charge in [0.2, 0.25) is 10.0 Å². The molecule has 1 aliphatic heterocycles. The van der Waals surface area contributed by atoms with Crippen molar-refractivity contribution in [1.82, 2.24) is 4.31 Å². The van der Waals surface area contributed by atoms with Crippen molar-refractivity contribution < 1.29 is 27.4 Å². The second kappa shape index (κ2) is 9.11. The van der Waals surface area contributed by atoms with Gasteiger partial charge in [0, 0.05) is 25.2 Å². The number of carbonyl (C=O) groups excluding carboxylic acids is 1. The molecule has 1 N–H and O–H groups in total. The van der Waals surface area contributed by atoms with Gasteiger partial charge in [-0.3, -0.25) is 4.79 Å². The number of nitrogens with zero attached hydrogens (tertiary/aromatic N) is 1. The summed E-state index contributed by atoms with van der Waals surface area (Å²) < 4.78 is 42.9. The van der Waals surface area contributed by atoms with Crippen molar-refractivity contribution in [2.75, 3.05) is 39.7 Å². The lowest BCUT2D eigenvalue weighted by Crippen LogP contribution is -2.28. The minimum atomic E-state index is -3.69. The summed E-state index contributed by atoms with van der Waals surface area (Å²) in [7, 11) is 0.619. The van der Waals surface area contributed by atoms with Gasteiger partial charge in [-0.25, -0.2) is 8.42 Å². The number of hydrogen-bond donors (Lipinski definition) is 1. The molecule has 0 saturated carbocycles. The van der Waals surface area contributed by atoms with Crippen molar-refractivity contribution in [3.63, 3.8) is 0 Å². The first-order valence-electron chi connectivity index (χ1n) is 9.23. The van der Waals surface area contributed by atoms with E-state index in [0.29, 0.717) is 35.3 Å². The monoisotopic (exact) mass is 454 g/mol. The summed E-state index contributed by atoms with van der Waals surface area (Å²) in [5.74, 6) is 0.361. The summed E-state index contributed by atoms with van der Waals surface area (Å²) in [4.78, 5) is 13.1. The molecule has 0 aliphatic carbocycles. The van der Waals surface area contributed by atoms with E-state index in [2.05, 4.69) is 5.32 Å². The Bertz CT molecular complexity index is 1050. The number of benzene rings is 2. The number of ether oxygens (including phenoxy) is 3. The second-order valence-corrected chi connectivity index (χ2v) is 8.96. The third-order valence-electron chi connectivity index (χ3n) is 4.84. The van der Waals surface area contributed by atoms with Crippen molar-refractivity contribution >= 4 is 33.2 Å². The van der Waals surface area contributed by atoms with Crippen molar-refractivity contribution in [3.05, 3.63) is 40.9 Å². The first-order chi connectivity index (χ1) is 14.3. The highest BCUT2D eigenvalue weighted by atomic mass is 35.5. The minimum absolute atomic E-state index is 0.0380. The van der Waals surface area contributed by atoms with Crippen LogP contribution < -0.4 is 19.5 Å². The molecule has 0 aromatic heterocycles. The van der Waals surface area contributed by atoms with Crippen LogP contribution in [0.5, 0.6) is 17.2 Å². The summed E-state index contributed by atoms with van der Waals surface area (Å²) in [5, 5.41) is 3.03. The Kier molecular flexibility index (Phi) is 6.74. The van der Waals surface area contributed by atoms with Gasteiger partial charge in [0.25, 0.3) is 5.91 Å². The van der Waals surface area contributed by atoms with Crippen LogP contribution in [0.1, 0.15) is 23.2 Å². The average molecular weight is 455 g/mol. The number of amides is 1. The van der Waals surface area contributed by atoms with E-state index in [4.69, 9.17) is 25.8 Å². The van der Waals surface area contributed by atoms with Gasteiger partial charge in [0.1, 0.15) is 17.2 Å². The van der Waals surface area contributed by atoms with Crippen LogP contribution in [-0.4, -0.2) is 53.0 Å². The molecule has 0 atom stereocenters. The Morgan fingerprint density at radius 1 is 0.967 bits per heavy atom. The Morgan fingerprint density at radius 2 is 1.60 bits per heavy atom. The molecule has 0 bridgehead atoms. The van der Waals surface area contributed by atoms with Gasteiger partial charge < -0.3 is 19.5 Å². The predicted molar refractivity (Wildman–Crippen MR) is 113 cm³/mol. The lowest BCUT2D eigenvalue weighted by atomic mass is 10.1. The van der Waals surface area contributed by atoms with Gasteiger partial charge in [-0.1, -0.05) is 11.6 Å². The molecule has 0 spiro atoms. The highest BCUT2D eigenvalue weighted by molar-refractivity contribution is 7.89. The number of halogens is 1. The molecule has 10 heteroatoms. The number of nitrogens with one attached hydrogen (secondary N) is 1. The van der Waals surface area contributed by atoms with Crippen LogP contribution in [-0.2, 0) is 10.0 Å². The number of rotatable bonds is 7. The molecule has 0 radical (unpaired) electrons. The van der Waals surface area contributed by atoms with E-state index < -0.39 is 15.9 Å². The van der Waals surface area contributed by atoms with Crippen molar-refractivity contribution in [1.29, 1.82) is 0 Å². The minimum Gasteiger partial charge on any atom is -0.496 e. The largest absolute Gasteiger partial charge is 0.496 e. The van der Waals surface area contributed by atoms with Crippen LogP contribution in [0, 0.1) is 0 Å².